The first-order chi connectivity index (χ1) is 9.51. The van der Waals surface area contributed by atoms with Crippen LogP contribution in [-0.2, 0) is 11.3 Å². The summed E-state index contributed by atoms with van der Waals surface area (Å²) < 4.78 is 0. The average Bonchev–Trinajstić information content (AvgIpc) is 2.43. The van der Waals surface area contributed by atoms with Crippen molar-refractivity contribution >= 4 is 11.6 Å². The lowest BCUT2D eigenvalue weighted by atomic mass is 9.93. The molecule has 0 aromatic heterocycles. The Morgan fingerprint density at radius 3 is 2.85 bits per heavy atom. The number of piperidine rings is 1. The molecule has 4 nitrogen and oxygen atoms in total. The van der Waals surface area contributed by atoms with E-state index in [-0.39, 0.29) is 17.5 Å². The molecule has 0 spiro atoms. The van der Waals surface area contributed by atoms with Crippen LogP contribution in [-0.4, -0.2) is 34.7 Å². The topological polar surface area (TPSA) is 57.6 Å². The van der Waals surface area contributed by atoms with Crippen molar-refractivity contribution < 1.29 is 14.7 Å². The largest absolute Gasteiger partial charge is 0.508 e. The zero-order chi connectivity index (χ0) is 14.7. The Labute approximate surface area is 119 Å². The minimum Gasteiger partial charge on any atom is -0.508 e. The number of aromatic hydroxyl groups is 1. The van der Waals surface area contributed by atoms with Crippen LogP contribution in [0, 0.1) is 5.92 Å². The van der Waals surface area contributed by atoms with Gasteiger partial charge in [-0.2, -0.15) is 0 Å². The molecule has 1 N–H and O–H groups in total. The third-order valence-corrected chi connectivity index (χ3v) is 3.98. The van der Waals surface area contributed by atoms with E-state index in [0.29, 0.717) is 24.3 Å². The number of carbonyl (C=O) groups excluding carboxylic acids is 2. The minimum absolute atomic E-state index is 0.00786. The van der Waals surface area contributed by atoms with Gasteiger partial charge in [0, 0.05) is 43.1 Å². The highest BCUT2D eigenvalue weighted by Gasteiger charge is 2.26. The van der Waals surface area contributed by atoms with Gasteiger partial charge < -0.3 is 5.11 Å². The van der Waals surface area contributed by atoms with E-state index in [1.54, 1.807) is 18.2 Å². The summed E-state index contributed by atoms with van der Waals surface area (Å²) in [6, 6.07) is 4.95. The number of phenolic OH excluding ortho intramolecular Hbond substituents is 1. The summed E-state index contributed by atoms with van der Waals surface area (Å²) in [4.78, 5) is 25.3. The number of benzene rings is 1. The molecule has 1 aliphatic rings. The zero-order valence-corrected chi connectivity index (χ0v) is 12.1. The van der Waals surface area contributed by atoms with Gasteiger partial charge in [0.15, 0.2) is 5.78 Å². The van der Waals surface area contributed by atoms with E-state index in [0.717, 1.165) is 25.1 Å². The molecule has 1 atom stereocenters. The van der Waals surface area contributed by atoms with Gasteiger partial charge in [0.25, 0.3) is 0 Å². The summed E-state index contributed by atoms with van der Waals surface area (Å²) in [6.07, 6.45) is 1.43. The smallest absolute Gasteiger partial charge is 0.159 e. The van der Waals surface area contributed by atoms with Crippen LogP contribution in [0.3, 0.4) is 0 Å². The van der Waals surface area contributed by atoms with E-state index in [9.17, 15) is 14.7 Å². The molecule has 1 heterocycles. The van der Waals surface area contributed by atoms with Crippen LogP contribution in [0.2, 0.25) is 0 Å². The summed E-state index contributed by atoms with van der Waals surface area (Å²) in [5, 5.41) is 9.92. The number of likely N-dealkylation sites (tertiary alicyclic amines) is 1. The molecule has 1 unspecified atom stereocenters. The summed E-state index contributed by atoms with van der Waals surface area (Å²) in [7, 11) is 0. The molecule has 0 radical (unpaired) electrons. The summed E-state index contributed by atoms with van der Waals surface area (Å²) in [5.41, 5.74) is 1.36. The Kier molecular flexibility index (Phi) is 4.55. The summed E-state index contributed by atoms with van der Waals surface area (Å²) in [5.74, 6) is 0.638. The summed E-state index contributed by atoms with van der Waals surface area (Å²) >= 11 is 0. The molecule has 1 saturated heterocycles. The van der Waals surface area contributed by atoms with Crippen LogP contribution >= 0.6 is 0 Å². The van der Waals surface area contributed by atoms with E-state index < -0.39 is 0 Å². The lowest BCUT2D eigenvalue weighted by Crippen LogP contribution is -2.40. The minimum atomic E-state index is -0.00786. The number of hydrogen-bond donors (Lipinski definition) is 1. The third-order valence-electron chi connectivity index (χ3n) is 3.98. The molecule has 4 heteroatoms. The van der Waals surface area contributed by atoms with Crippen LogP contribution in [0.4, 0.5) is 0 Å². The molecule has 1 aliphatic heterocycles. The van der Waals surface area contributed by atoms with Crippen molar-refractivity contribution in [1.29, 1.82) is 0 Å². The Bertz CT molecular complexity index is 524. The molecular formula is C16H21NO3. The Balaban J connectivity index is 2.11. The molecule has 108 valence electrons. The highest BCUT2D eigenvalue weighted by molar-refractivity contribution is 5.94. The quantitative estimate of drug-likeness (QED) is 0.857. The van der Waals surface area contributed by atoms with Gasteiger partial charge in [0.1, 0.15) is 11.5 Å². The van der Waals surface area contributed by atoms with Crippen LogP contribution in [0.25, 0.3) is 0 Å². The van der Waals surface area contributed by atoms with Crippen LogP contribution in [0.1, 0.15) is 42.6 Å². The lowest BCUT2D eigenvalue weighted by Gasteiger charge is -2.31. The Morgan fingerprint density at radius 2 is 2.20 bits per heavy atom. The molecule has 1 aromatic rings. The van der Waals surface area contributed by atoms with Gasteiger partial charge in [-0.15, -0.1) is 0 Å². The standard InChI is InChI=1S/C16H21NO3/c1-3-12-9-17(7-6-16(12)20)10-14-8-13(11(2)18)4-5-15(14)19/h4-5,8,12,19H,3,6-7,9-10H2,1-2H3. The Hall–Kier alpha value is -1.68. The highest BCUT2D eigenvalue weighted by Crippen LogP contribution is 2.24. The fraction of sp³-hybridized carbons (Fsp3) is 0.500. The van der Waals surface area contributed by atoms with Gasteiger partial charge in [0.05, 0.1) is 0 Å². The second-order valence-electron chi connectivity index (χ2n) is 5.46. The monoisotopic (exact) mass is 275 g/mol. The van der Waals surface area contributed by atoms with Gasteiger partial charge in [-0.1, -0.05) is 6.92 Å². The fourth-order valence-corrected chi connectivity index (χ4v) is 2.65. The fourth-order valence-electron chi connectivity index (χ4n) is 2.65. The van der Waals surface area contributed by atoms with Gasteiger partial charge in [-0.05, 0) is 31.5 Å². The molecule has 1 aromatic carbocycles. The molecule has 2 rings (SSSR count). The average molecular weight is 275 g/mol. The molecule has 0 amide bonds. The van der Waals surface area contributed by atoms with E-state index in [4.69, 9.17) is 0 Å². The van der Waals surface area contributed by atoms with E-state index in [1.165, 1.54) is 6.92 Å². The van der Waals surface area contributed by atoms with Gasteiger partial charge in [-0.3, -0.25) is 14.5 Å². The third kappa shape index (κ3) is 3.25. The molecule has 0 aliphatic carbocycles. The SMILES string of the molecule is CCC1CN(Cc2cc(C(C)=O)ccc2O)CCC1=O. The number of carbonyl (C=O) groups is 2. The van der Waals surface area contributed by atoms with Crippen molar-refractivity contribution in [2.45, 2.75) is 33.2 Å². The van der Waals surface area contributed by atoms with Crippen LogP contribution < -0.4 is 0 Å². The molecular weight excluding hydrogens is 254 g/mol. The van der Waals surface area contributed by atoms with Crippen molar-refractivity contribution in [3.8, 4) is 5.75 Å². The van der Waals surface area contributed by atoms with Crippen molar-refractivity contribution in [3.05, 3.63) is 29.3 Å². The number of rotatable bonds is 4. The molecule has 20 heavy (non-hydrogen) atoms. The first-order valence-corrected chi connectivity index (χ1v) is 7.09. The lowest BCUT2D eigenvalue weighted by molar-refractivity contribution is -0.126. The Morgan fingerprint density at radius 1 is 1.45 bits per heavy atom. The maximum absolute atomic E-state index is 11.7. The second kappa shape index (κ2) is 6.18. The van der Waals surface area contributed by atoms with Gasteiger partial charge in [-0.25, -0.2) is 0 Å². The number of Topliss-reactive ketones (excluding diaryl/α,β-unsaturated/α-hetero) is 2. The van der Waals surface area contributed by atoms with Crippen molar-refractivity contribution in [3.63, 3.8) is 0 Å². The maximum atomic E-state index is 11.7. The maximum Gasteiger partial charge on any atom is 0.159 e. The highest BCUT2D eigenvalue weighted by atomic mass is 16.3. The van der Waals surface area contributed by atoms with E-state index in [1.807, 2.05) is 6.92 Å². The normalized spacial score (nSPS) is 20.1. The molecule has 0 bridgehead atoms. The van der Waals surface area contributed by atoms with Crippen LogP contribution in [0.5, 0.6) is 5.75 Å². The number of hydrogen-bond acceptors (Lipinski definition) is 4. The van der Waals surface area contributed by atoms with E-state index >= 15 is 0 Å². The molecule has 1 fully saturated rings. The van der Waals surface area contributed by atoms with E-state index in [2.05, 4.69) is 4.90 Å². The van der Waals surface area contributed by atoms with Crippen molar-refractivity contribution in [2.24, 2.45) is 5.92 Å². The van der Waals surface area contributed by atoms with Crippen molar-refractivity contribution in [2.75, 3.05) is 13.1 Å². The predicted molar refractivity (Wildman–Crippen MR) is 76.8 cm³/mol. The first-order valence-electron chi connectivity index (χ1n) is 7.09. The number of ketones is 2. The summed E-state index contributed by atoms with van der Waals surface area (Å²) in [6.45, 7) is 5.58. The second-order valence-corrected chi connectivity index (χ2v) is 5.46. The van der Waals surface area contributed by atoms with Gasteiger partial charge >= 0.3 is 0 Å². The van der Waals surface area contributed by atoms with Crippen molar-refractivity contribution in [1.82, 2.24) is 4.90 Å². The van der Waals surface area contributed by atoms with Gasteiger partial charge in [0.2, 0.25) is 0 Å². The molecule has 0 saturated carbocycles. The zero-order valence-electron chi connectivity index (χ0n) is 12.1. The number of phenols is 1. The number of nitrogens with zero attached hydrogens (tertiary/aromatic N) is 1. The first kappa shape index (κ1) is 14.7. The predicted octanol–water partition coefficient (Wildman–Crippen LogP) is 2.40. The van der Waals surface area contributed by atoms with Crippen LogP contribution in [0.15, 0.2) is 18.2 Å².